The lowest BCUT2D eigenvalue weighted by Crippen LogP contribution is -2.17. The molecular weight excluding hydrogens is 636 g/mol. The minimum Gasteiger partial charge on any atom is -0.493 e. The maximum atomic E-state index is 12.7. The van der Waals surface area contributed by atoms with Gasteiger partial charge >= 0.3 is 10.1 Å². The summed E-state index contributed by atoms with van der Waals surface area (Å²) in [4.78, 5) is 22.1. The number of non-ortho nitro benzene ring substituents is 1. The van der Waals surface area contributed by atoms with E-state index in [0.29, 0.717) is 14.2 Å². The fraction of sp³-hybridized carbons (Fsp3) is 0.0476. The fourth-order valence-corrected chi connectivity index (χ4v) is 4.79. The molecule has 0 radical (unpaired) electrons. The molecule has 14 heteroatoms. The van der Waals surface area contributed by atoms with Crippen LogP contribution in [-0.2, 0) is 10.1 Å². The van der Waals surface area contributed by atoms with Gasteiger partial charge in [0, 0.05) is 17.7 Å². The molecule has 0 aliphatic carbocycles. The first-order chi connectivity index (χ1) is 16.5. The molecule has 0 aliphatic heterocycles. The number of hydrogen-bond acceptors (Lipinski definition) is 8. The van der Waals surface area contributed by atoms with Gasteiger partial charge < -0.3 is 8.92 Å². The van der Waals surface area contributed by atoms with Crippen LogP contribution in [0.2, 0.25) is 10.0 Å². The van der Waals surface area contributed by atoms with Crippen molar-refractivity contribution in [3.05, 3.63) is 89.5 Å². The molecule has 0 fully saturated rings. The summed E-state index contributed by atoms with van der Waals surface area (Å²) in [5.74, 6) is -0.515. The number of carbonyl (C=O) groups is 1. The second-order valence-corrected chi connectivity index (χ2v) is 10.2. The van der Waals surface area contributed by atoms with Crippen LogP contribution in [-0.4, -0.2) is 32.6 Å². The average molecular weight is 650 g/mol. The van der Waals surface area contributed by atoms with Gasteiger partial charge in [-0.1, -0.05) is 23.2 Å². The van der Waals surface area contributed by atoms with Gasteiger partial charge in [0.1, 0.15) is 4.90 Å². The maximum Gasteiger partial charge on any atom is 0.339 e. The zero-order chi connectivity index (χ0) is 25.8. The lowest BCUT2D eigenvalue weighted by atomic mass is 10.2. The molecule has 0 saturated carbocycles. The van der Waals surface area contributed by atoms with Crippen LogP contribution in [0.25, 0.3) is 0 Å². The van der Waals surface area contributed by atoms with Crippen molar-refractivity contribution in [2.24, 2.45) is 5.10 Å². The molecule has 0 heterocycles. The van der Waals surface area contributed by atoms with Crippen LogP contribution >= 0.6 is 45.8 Å². The van der Waals surface area contributed by atoms with Gasteiger partial charge in [-0.3, -0.25) is 14.9 Å². The van der Waals surface area contributed by atoms with Crippen molar-refractivity contribution in [2.45, 2.75) is 4.90 Å². The molecule has 0 atom stereocenters. The van der Waals surface area contributed by atoms with E-state index < -0.39 is 20.9 Å². The van der Waals surface area contributed by atoms with E-state index in [1.165, 1.54) is 37.6 Å². The van der Waals surface area contributed by atoms with Crippen molar-refractivity contribution in [2.75, 3.05) is 7.11 Å². The third-order valence-corrected chi connectivity index (χ3v) is 7.12. The van der Waals surface area contributed by atoms with Gasteiger partial charge in [0.2, 0.25) is 0 Å². The highest BCUT2D eigenvalue weighted by atomic mass is 127. The molecule has 10 nitrogen and oxygen atoms in total. The third-order valence-electron chi connectivity index (χ3n) is 4.34. The van der Waals surface area contributed by atoms with Gasteiger partial charge in [-0.05, 0) is 70.6 Å². The lowest BCUT2D eigenvalue weighted by molar-refractivity contribution is -0.384. The maximum absolute atomic E-state index is 12.7. The van der Waals surface area contributed by atoms with E-state index in [1.807, 2.05) is 22.6 Å². The van der Waals surface area contributed by atoms with Crippen molar-refractivity contribution in [3.8, 4) is 11.5 Å². The second kappa shape index (κ2) is 11.2. The number of amides is 1. The Morgan fingerprint density at radius 2 is 1.80 bits per heavy atom. The topological polar surface area (TPSA) is 137 Å². The number of hydrogen-bond donors (Lipinski definition) is 1. The van der Waals surface area contributed by atoms with Gasteiger partial charge in [0.15, 0.2) is 11.5 Å². The zero-order valence-electron chi connectivity index (χ0n) is 17.6. The molecule has 3 rings (SSSR count). The monoisotopic (exact) mass is 649 g/mol. The van der Waals surface area contributed by atoms with E-state index in [9.17, 15) is 23.3 Å². The summed E-state index contributed by atoms with van der Waals surface area (Å²) in [6.45, 7) is 0. The van der Waals surface area contributed by atoms with Gasteiger partial charge in [0.05, 0.1) is 31.9 Å². The number of nitrogens with one attached hydrogen (secondary N) is 1. The van der Waals surface area contributed by atoms with Crippen LogP contribution in [0.15, 0.2) is 64.6 Å². The van der Waals surface area contributed by atoms with Gasteiger partial charge in [-0.2, -0.15) is 13.5 Å². The van der Waals surface area contributed by atoms with Crippen molar-refractivity contribution in [3.63, 3.8) is 0 Å². The van der Waals surface area contributed by atoms with E-state index in [4.69, 9.17) is 32.1 Å². The molecule has 0 aromatic heterocycles. The number of carbonyl (C=O) groups excluding carboxylic acids is 1. The summed E-state index contributed by atoms with van der Waals surface area (Å²) in [6, 6.07) is 11.7. The Morgan fingerprint density at radius 1 is 1.11 bits per heavy atom. The highest BCUT2D eigenvalue weighted by molar-refractivity contribution is 14.1. The van der Waals surface area contributed by atoms with Crippen LogP contribution in [0, 0.1) is 13.7 Å². The van der Waals surface area contributed by atoms with Gasteiger partial charge in [-0.25, -0.2) is 5.43 Å². The summed E-state index contributed by atoms with van der Waals surface area (Å²) in [5.41, 5.74) is 2.82. The Balaban J connectivity index is 1.79. The molecule has 0 saturated heterocycles. The number of hydrazone groups is 1. The highest BCUT2D eigenvalue weighted by Crippen LogP contribution is 2.36. The first-order valence-electron chi connectivity index (χ1n) is 9.37. The van der Waals surface area contributed by atoms with Gasteiger partial charge in [0.25, 0.3) is 11.6 Å². The van der Waals surface area contributed by atoms with Crippen molar-refractivity contribution in [1.29, 1.82) is 0 Å². The molecule has 1 N–H and O–H groups in total. The fourth-order valence-electron chi connectivity index (χ4n) is 2.65. The van der Waals surface area contributed by atoms with Crippen molar-refractivity contribution >= 4 is 73.7 Å². The predicted octanol–water partition coefficient (Wildman–Crippen LogP) is 5.05. The Labute approximate surface area is 223 Å². The number of methoxy groups -OCH3 is 1. The van der Waals surface area contributed by atoms with Gasteiger partial charge in [-0.15, -0.1) is 0 Å². The summed E-state index contributed by atoms with van der Waals surface area (Å²) >= 11 is 13.6. The first kappa shape index (κ1) is 26.7. The number of halogens is 3. The largest absolute Gasteiger partial charge is 0.493 e. The normalized spacial score (nSPS) is 11.3. The molecular formula is C21H14Cl2IN3O7S. The second-order valence-electron chi connectivity index (χ2n) is 6.65. The van der Waals surface area contributed by atoms with Crippen molar-refractivity contribution in [1.82, 2.24) is 5.43 Å². The molecule has 0 aliphatic rings. The van der Waals surface area contributed by atoms with E-state index in [2.05, 4.69) is 10.5 Å². The minimum atomic E-state index is -4.31. The molecule has 3 aromatic carbocycles. The molecule has 182 valence electrons. The smallest absolute Gasteiger partial charge is 0.339 e. The van der Waals surface area contributed by atoms with Crippen LogP contribution in [0.1, 0.15) is 15.9 Å². The Hall–Kier alpha value is -2.94. The predicted molar refractivity (Wildman–Crippen MR) is 138 cm³/mol. The standard InChI is InChI=1S/C21H14Cl2IN3O7S/c1-33-19-9-12(11-25-26-21(28)13-2-7-16(22)17(23)10-13)8-18(24)20(19)34-35(31,32)15-5-3-14(4-6-15)27(29)30/h2-11H,1H3,(H,26,28)/b25-11-. The molecule has 0 spiro atoms. The first-order valence-corrected chi connectivity index (χ1v) is 12.6. The number of rotatable bonds is 8. The number of nitrogens with zero attached hydrogens (tertiary/aromatic N) is 2. The number of ether oxygens (including phenoxy) is 1. The molecule has 35 heavy (non-hydrogen) atoms. The average Bonchev–Trinajstić information content (AvgIpc) is 2.82. The minimum absolute atomic E-state index is 0.0801. The zero-order valence-corrected chi connectivity index (χ0v) is 22.1. The van der Waals surface area contributed by atoms with Crippen LogP contribution < -0.4 is 14.3 Å². The number of nitro groups is 1. The van der Waals surface area contributed by atoms with E-state index in [0.717, 1.165) is 24.3 Å². The third kappa shape index (κ3) is 6.60. The summed E-state index contributed by atoms with van der Waals surface area (Å²) in [5, 5.41) is 15.2. The number of nitro benzene ring substituents is 1. The van der Waals surface area contributed by atoms with Crippen LogP contribution in [0.3, 0.4) is 0 Å². The highest BCUT2D eigenvalue weighted by Gasteiger charge is 2.23. The Morgan fingerprint density at radius 3 is 2.40 bits per heavy atom. The van der Waals surface area contributed by atoms with E-state index in [1.54, 1.807) is 6.07 Å². The van der Waals surface area contributed by atoms with Crippen LogP contribution in [0.4, 0.5) is 5.69 Å². The summed E-state index contributed by atoms with van der Waals surface area (Å²) in [6.07, 6.45) is 1.33. The summed E-state index contributed by atoms with van der Waals surface area (Å²) in [7, 11) is -2.98. The molecule has 1 amide bonds. The Bertz CT molecular complexity index is 1430. The van der Waals surface area contributed by atoms with E-state index in [-0.39, 0.29) is 32.7 Å². The van der Waals surface area contributed by atoms with Crippen LogP contribution in [0.5, 0.6) is 11.5 Å². The Kier molecular flexibility index (Phi) is 8.53. The SMILES string of the molecule is COc1cc(/C=N\NC(=O)c2ccc(Cl)c(Cl)c2)cc(I)c1OS(=O)(=O)c1ccc([N+](=O)[O-])cc1. The summed E-state index contributed by atoms with van der Waals surface area (Å²) < 4.78 is 36.2. The lowest BCUT2D eigenvalue weighted by Gasteiger charge is -2.13. The van der Waals surface area contributed by atoms with E-state index >= 15 is 0 Å². The quantitative estimate of drug-likeness (QED) is 0.119. The van der Waals surface area contributed by atoms with Crippen molar-refractivity contribution < 1.29 is 27.1 Å². The molecule has 0 bridgehead atoms. The molecule has 3 aromatic rings. The number of benzene rings is 3. The molecule has 0 unspecified atom stereocenters.